The summed E-state index contributed by atoms with van der Waals surface area (Å²) in [5.41, 5.74) is 0.780. The number of aromatic nitrogens is 2. The lowest BCUT2D eigenvalue weighted by molar-refractivity contribution is 0.869. The van der Waals surface area contributed by atoms with Gasteiger partial charge in [0, 0.05) is 7.05 Å². The van der Waals surface area contributed by atoms with Crippen LogP contribution in [0.4, 0.5) is 0 Å². The van der Waals surface area contributed by atoms with E-state index in [1.807, 2.05) is 7.05 Å². The fraction of sp³-hybridized carbons (Fsp3) is 0.167. The Bertz CT molecular complexity index is 257. The van der Waals surface area contributed by atoms with E-state index in [0.29, 0.717) is 0 Å². The molecule has 0 fully saturated rings. The minimum atomic E-state index is 0.760. The third-order valence-corrected chi connectivity index (χ3v) is 1.82. The van der Waals surface area contributed by atoms with Gasteiger partial charge in [0.2, 0.25) is 0 Å². The Balaban J connectivity index is 3.24. The molecule has 0 aliphatic carbocycles. The molecule has 1 aromatic rings. The van der Waals surface area contributed by atoms with Gasteiger partial charge in [-0.15, -0.1) is 6.42 Å². The average molecular weight is 185 g/mol. The summed E-state index contributed by atoms with van der Waals surface area (Å²) in [5.74, 6) is 2.49. The van der Waals surface area contributed by atoms with E-state index in [1.54, 1.807) is 10.8 Å². The molecule has 0 amide bonds. The van der Waals surface area contributed by atoms with Crippen LogP contribution in [0.5, 0.6) is 0 Å². The number of rotatable bonds is 0. The van der Waals surface area contributed by atoms with E-state index in [-0.39, 0.29) is 0 Å². The summed E-state index contributed by atoms with van der Waals surface area (Å²) in [6.45, 7) is 0. The van der Waals surface area contributed by atoms with E-state index in [0.717, 1.165) is 10.4 Å². The molecular weight excluding hydrogens is 180 g/mol. The van der Waals surface area contributed by atoms with Gasteiger partial charge in [0.05, 0.1) is 6.20 Å². The van der Waals surface area contributed by atoms with Gasteiger partial charge in [0.25, 0.3) is 0 Å². The normalized spacial score (nSPS) is 9.00. The molecule has 9 heavy (non-hydrogen) atoms. The fourth-order valence-corrected chi connectivity index (χ4v) is 0.815. The van der Waals surface area contributed by atoms with Crippen LogP contribution < -0.4 is 0 Å². The van der Waals surface area contributed by atoms with Crippen LogP contribution in [0.1, 0.15) is 5.69 Å². The molecule has 0 bridgehead atoms. The second-order valence-corrected chi connectivity index (χ2v) is 2.33. The van der Waals surface area contributed by atoms with E-state index in [4.69, 9.17) is 6.42 Å². The number of terminal acetylenes is 1. The van der Waals surface area contributed by atoms with E-state index < -0.39 is 0 Å². The van der Waals surface area contributed by atoms with E-state index in [2.05, 4.69) is 26.8 Å². The predicted molar refractivity (Wildman–Crippen MR) is 38.8 cm³/mol. The van der Waals surface area contributed by atoms with Gasteiger partial charge >= 0.3 is 0 Å². The summed E-state index contributed by atoms with van der Waals surface area (Å²) >= 11 is 3.21. The van der Waals surface area contributed by atoms with Gasteiger partial charge in [-0.2, -0.15) is 0 Å². The van der Waals surface area contributed by atoms with Crippen molar-refractivity contribution < 1.29 is 0 Å². The molecule has 0 unspecified atom stereocenters. The summed E-state index contributed by atoms with van der Waals surface area (Å²) in [4.78, 5) is 3.92. The molecule has 2 nitrogen and oxygen atoms in total. The quantitative estimate of drug-likeness (QED) is 0.554. The van der Waals surface area contributed by atoms with Gasteiger partial charge < -0.3 is 4.57 Å². The molecule has 0 N–H and O–H groups in total. The molecule has 0 aromatic carbocycles. The van der Waals surface area contributed by atoms with Crippen molar-refractivity contribution in [3.63, 3.8) is 0 Å². The van der Waals surface area contributed by atoms with Crippen molar-refractivity contribution in [1.29, 1.82) is 0 Å². The Labute approximate surface area is 62.0 Å². The lowest BCUT2D eigenvalue weighted by Gasteiger charge is -1.91. The van der Waals surface area contributed by atoms with Gasteiger partial charge in [0.15, 0.2) is 4.73 Å². The Hall–Kier alpha value is -0.750. The number of hydrogen-bond acceptors (Lipinski definition) is 1. The van der Waals surface area contributed by atoms with E-state index in [9.17, 15) is 0 Å². The molecule has 0 saturated carbocycles. The first-order valence-corrected chi connectivity index (χ1v) is 3.19. The maximum atomic E-state index is 5.13. The van der Waals surface area contributed by atoms with Crippen LogP contribution in [0.2, 0.25) is 0 Å². The Kier molecular flexibility index (Phi) is 1.58. The van der Waals surface area contributed by atoms with Gasteiger partial charge in [-0.1, -0.05) is 5.92 Å². The van der Waals surface area contributed by atoms with Crippen LogP contribution in [0.3, 0.4) is 0 Å². The smallest absolute Gasteiger partial charge is 0.177 e. The summed E-state index contributed by atoms with van der Waals surface area (Å²) < 4.78 is 2.55. The zero-order valence-corrected chi connectivity index (χ0v) is 6.51. The standard InChI is InChI=1S/C6H5BrN2/c1-3-5-4-8-6(7)9(5)2/h1,4H,2H3. The summed E-state index contributed by atoms with van der Waals surface area (Å²) in [5, 5.41) is 0. The highest BCUT2D eigenvalue weighted by Crippen LogP contribution is 2.07. The van der Waals surface area contributed by atoms with Crippen LogP contribution in [0, 0.1) is 12.3 Å². The zero-order valence-electron chi connectivity index (χ0n) is 4.93. The molecule has 46 valence electrons. The minimum absolute atomic E-state index is 0.760. The van der Waals surface area contributed by atoms with Gasteiger partial charge in [0.1, 0.15) is 5.69 Å². The first kappa shape index (κ1) is 6.37. The molecule has 1 aromatic heterocycles. The highest BCUT2D eigenvalue weighted by atomic mass is 79.9. The van der Waals surface area contributed by atoms with Crippen molar-refractivity contribution in [2.24, 2.45) is 7.05 Å². The minimum Gasteiger partial charge on any atom is -0.315 e. The average Bonchev–Trinajstić information content (AvgIpc) is 2.15. The zero-order chi connectivity index (χ0) is 6.85. The maximum Gasteiger partial charge on any atom is 0.177 e. The van der Waals surface area contributed by atoms with Crippen LogP contribution in [0.25, 0.3) is 0 Å². The molecule has 0 aliphatic rings. The van der Waals surface area contributed by atoms with Crippen molar-refractivity contribution in [1.82, 2.24) is 9.55 Å². The van der Waals surface area contributed by atoms with Crippen molar-refractivity contribution in [2.75, 3.05) is 0 Å². The van der Waals surface area contributed by atoms with Crippen molar-refractivity contribution in [3.8, 4) is 12.3 Å². The molecule has 0 saturated heterocycles. The molecule has 1 heterocycles. The van der Waals surface area contributed by atoms with E-state index in [1.165, 1.54) is 0 Å². The van der Waals surface area contributed by atoms with Crippen LogP contribution in [-0.2, 0) is 7.05 Å². The number of nitrogens with zero attached hydrogens (tertiary/aromatic N) is 2. The second kappa shape index (κ2) is 2.24. The van der Waals surface area contributed by atoms with Crippen LogP contribution in [-0.4, -0.2) is 9.55 Å². The fourth-order valence-electron chi connectivity index (χ4n) is 0.521. The monoisotopic (exact) mass is 184 g/mol. The third kappa shape index (κ3) is 0.984. The first-order chi connectivity index (χ1) is 4.25. The van der Waals surface area contributed by atoms with Gasteiger partial charge in [-0.25, -0.2) is 4.98 Å². The molecular formula is C6H5BrN2. The first-order valence-electron chi connectivity index (χ1n) is 2.39. The molecule has 0 aliphatic heterocycles. The second-order valence-electron chi connectivity index (χ2n) is 1.62. The van der Waals surface area contributed by atoms with Crippen molar-refractivity contribution in [2.45, 2.75) is 0 Å². The SMILES string of the molecule is C#Cc1cnc(Br)n1C. The highest BCUT2D eigenvalue weighted by Gasteiger charge is 1.97. The molecule has 0 atom stereocenters. The predicted octanol–water partition coefficient (Wildman–Crippen LogP) is 1.16. The molecule has 1 rings (SSSR count). The topological polar surface area (TPSA) is 17.8 Å². The Morgan fingerprint density at radius 1 is 1.89 bits per heavy atom. The Morgan fingerprint density at radius 2 is 2.56 bits per heavy atom. The third-order valence-electron chi connectivity index (χ3n) is 1.08. The van der Waals surface area contributed by atoms with Crippen LogP contribution in [0.15, 0.2) is 10.9 Å². The molecule has 0 spiro atoms. The molecule has 0 radical (unpaired) electrons. The van der Waals surface area contributed by atoms with Gasteiger partial charge in [-0.05, 0) is 15.9 Å². The molecule has 3 heteroatoms. The lowest BCUT2D eigenvalue weighted by atomic mass is 10.5. The Morgan fingerprint density at radius 3 is 2.78 bits per heavy atom. The summed E-state index contributed by atoms with van der Waals surface area (Å²) in [6.07, 6.45) is 6.78. The van der Waals surface area contributed by atoms with Crippen molar-refractivity contribution >= 4 is 15.9 Å². The lowest BCUT2D eigenvalue weighted by Crippen LogP contribution is -1.90. The van der Waals surface area contributed by atoms with Crippen LogP contribution >= 0.6 is 15.9 Å². The summed E-state index contributed by atoms with van der Waals surface area (Å²) in [7, 11) is 1.85. The number of imidazole rings is 1. The maximum absolute atomic E-state index is 5.13. The summed E-state index contributed by atoms with van der Waals surface area (Å²) in [6, 6.07) is 0. The van der Waals surface area contributed by atoms with Crippen molar-refractivity contribution in [3.05, 3.63) is 16.6 Å². The highest BCUT2D eigenvalue weighted by molar-refractivity contribution is 9.10. The van der Waals surface area contributed by atoms with E-state index >= 15 is 0 Å². The largest absolute Gasteiger partial charge is 0.315 e. The number of halogens is 1. The number of hydrogen-bond donors (Lipinski definition) is 0. The van der Waals surface area contributed by atoms with Gasteiger partial charge in [-0.3, -0.25) is 0 Å².